The number of aromatic amines is 1. The van der Waals surface area contributed by atoms with Crippen LogP contribution < -0.4 is 10.4 Å². The quantitative estimate of drug-likeness (QED) is 0.357. The number of carbonyl (C=O) groups is 1. The number of H-pyrrole nitrogens is 1. The summed E-state index contributed by atoms with van der Waals surface area (Å²) in [6.07, 6.45) is 3.10. The summed E-state index contributed by atoms with van der Waals surface area (Å²) in [4.78, 5) is 12.9. The molecule has 0 bridgehead atoms. The van der Waals surface area contributed by atoms with E-state index in [2.05, 4.69) is 73.3 Å². The number of aromatic nitrogens is 4. The van der Waals surface area contributed by atoms with E-state index < -0.39 is 9.41 Å². The lowest BCUT2D eigenvalue weighted by atomic mass is 9.99. The standard InChI is InChI=1S/C26H26ClN7OS/c1-3-25-30-34(17-36(25,2)31-24(35)16-19-8-4-7-11-23(19)27)20-14-12-18(13-15-20)21-9-5-6-10-22(21)26-28-32-33-29-26/h4-15,17,25,30H,3,16H2,1-2H3,(H,28,29,32,33). The molecule has 5 rings (SSSR count). The van der Waals surface area contributed by atoms with Gasteiger partial charge in [-0.3, -0.25) is 9.80 Å². The van der Waals surface area contributed by atoms with Crippen LogP contribution in [0, 0.1) is 0 Å². The lowest BCUT2D eigenvalue weighted by molar-refractivity contribution is -0.117. The number of hydrogen-bond donors (Lipinski definition) is 2. The number of hydrazine groups is 1. The van der Waals surface area contributed by atoms with Gasteiger partial charge in [0.15, 0.2) is 0 Å². The summed E-state index contributed by atoms with van der Waals surface area (Å²) < 4.78 is 4.68. The minimum absolute atomic E-state index is 0.0614. The lowest BCUT2D eigenvalue weighted by Crippen LogP contribution is -2.38. The summed E-state index contributed by atoms with van der Waals surface area (Å²) in [5.41, 5.74) is 10.3. The molecular weight excluding hydrogens is 494 g/mol. The van der Waals surface area contributed by atoms with E-state index >= 15 is 0 Å². The Labute approximate surface area is 215 Å². The van der Waals surface area contributed by atoms with Gasteiger partial charge in [0.2, 0.25) is 5.82 Å². The first kappa shape index (κ1) is 24.2. The van der Waals surface area contributed by atoms with Crippen molar-refractivity contribution in [2.45, 2.75) is 25.1 Å². The Hall–Kier alpha value is -3.53. The average molecular weight is 520 g/mol. The van der Waals surface area contributed by atoms with Crippen LogP contribution in [0.15, 0.2) is 77.2 Å². The molecule has 36 heavy (non-hydrogen) atoms. The van der Waals surface area contributed by atoms with Gasteiger partial charge in [0.05, 0.1) is 23.0 Å². The van der Waals surface area contributed by atoms with Gasteiger partial charge < -0.3 is 0 Å². The molecule has 1 aromatic heterocycles. The van der Waals surface area contributed by atoms with Crippen molar-refractivity contribution in [1.82, 2.24) is 26.0 Å². The molecule has 2 heterocycles. The first-order chi connectivity index (χ1) is 17.5. The van der Waals surface area contributed by atoms with Crippen LogP contribution in [-0.2, 0) is 20.6 Å². The minimum atomic E-state index is -1.73. The third-order valence-corrected chi connectivity index (χ3v) is 9.31. The number of rotatable bonds is 6. The summed E-state index contributed by atoms with van der Waals surface area (Å²) in [6.45, 7) is 2.10. The van der Waals surface area contributed by atoms with Crippen molar-refractivity contribution < 1.29 is 4.79 Å². The van der Waals surface area contributed by atoms with E-state index in [1.807, 2.05) is 47.5 Å². The third-order valence-electron chi connectivity index (χ3n) is 6.12. The highest BCUT2D eigenvalue weighted by atomic mass is 35.5. The molecule has 0 aliphatic carbocycles. The number of tetrazole rings is 1. The van der Waals surface area contributed by atoms with Crippen molar-refractivity contribution in [3.8, 4) is 22.5 Å². The van der Waals surface area contributed by atoms with Crippen molar-refractivity contribution >= 4 is 38.1 Å². The van der Waals surface area contributed by atoms with Crippen molar-refractivity contribution in [3.63, 3.8) is 0 Å². The fourth-order valence-corrected chi connectivity index (χ4v) is 6.93. The van der Waals surface area contributed by atoms with E-state index in [9.17, 15) is 4.79 Å². The van der Waals surface area contributed by atoms with E-state index in [1.165, 1.54) is 0 Å². The van der Waals surface area contributed by atoms with Gasteiger partial charge in [-0.25, -0.2) is 5.43 Å². The van der Waals surface area contributed by atoms with Gasteiger partial charge in [0, 0.05) is 10.6 Å². The van der Waals surface area contributed by atoms with Crippen molar-refractivity contribution in [3.05, 3.63) is 83.4 Å². The molecule has 0 saturated carbocycles. The van der Waals surface area contributed by atoms with Crippen LogP contribution in [0.2, 0.25) is 5.02 Å². The maximum absolute atomic E-state index is 12.9. The van der Waals surface area contributed by atoms with Gasteiger partial charge in [0.1, 0.15) is 0 Å². The first-order valence-electron chi connectivity index (χ1n) is 11.6. The smallest absolute Gasteiger partial charge is 0.255 e. The molecule has 3 aromatic carbocycles. The number of carbonyl (C=O) groups excluding carboxylic acids is 1. The zero-order chi connectivity index (χ0) is 25.1. The number of anilines is 1. The Morgan fingerprint density at radius 2 is 1.78 bits per heavy atom. The molecule has 10 heteroatoms. The summed E-state index contributed by atoms with van der Waals surface area (Å²) in [7, 11) is -1.73. The fourth-order valence-electron chi connectivity index (χ4n) is 4.29. The van der Waals surface area contributed by atoms with Crippen LogP contribution in [0.25, 0.3) is 22.5 Å². The summed E-state index contributed by atoms with van der Waals surface area (Å²) in [6, 6.07) is 23.6. The highest BCUT2D eigenvalue weighted by Crippen LogP contribution is 2.31. The largest absolute Gasteiger partial charge is 0.277 e. The Morgan fingerprint density at radius 1 is 1.06 bits per heavy atom. The monoisotopic (exact) mass is 519 g/mol. The molecule has 8 nitrogen and oxygen atoms in total. The number of halogens is 1. The van der Waals surface area contributed by atoms with Crippen LogP contribution in [0.1, 0.15) is 18.9 Å². The number of nitrogens with one attached hydrogen (secondary N) is 2. The molecule has 4 aromatic rings. The van der Waals surface area contributed by atoms with Crippen LogP contribution in [-0.4, -0.2) is 43.7 Å². The second-order valence-corrected chi connectivity index (χ2v) is 12.0. The van der Waals surface area contributed by atoms with Crippen molar-refractivity contribution in [2.24, 2.45) is 4.36 Å². The molecule has 0 saturated heterocycles. The molecule has 184 valence electrons. The Bertz CT molecular complexity index is 1510. The van der Waals surface area contributed by atoms with Crippen LogP contribution >= 0.6 is 11.6 Å². The molecule has 1 aliphatic rings. The molecule has 2 unspecified atom stereocenters. The Balaban J connectivity index is 1.42. The molecule has 0 fully saturated rings. The molecule has 1 aliphatic heterocycles. The summed E-state index contributed by atoms with van der Waals surface area (Å²) >= 11 is 6.25. The zero-order valence-corrected chi connectivity index (χ0v) is 21.5. The van der Waals surface area contributed by atoms with Crippen molar-refractivity contribution in [1.29, 1.82) is 0 Å². The number of nitrogens with zero attached hydrogens (tertiary/aromatic N) is 5. The van der Waals surface area contributed by atoms with E-state index in [1.54, 1.807) is 6.07 Å². The molecule has 0 radical (unpaired) electrons. The first-order valence-corrected chi connectivity index (χ1v) is 14.1. The van der Waals surface area contributed by atoms with Gasteiger partial charge >= 0.3 is 0 Å². The maximum atomic E-state index is 12.9. The van der Waals surface area contributed by atoms with Crippen LogP contribution in [0.5, 0.6) is 0 Å². The highest BCUT2D eigenvalue weighted by Gasteiger charge is 2.26. The van der Waals surface area contributed by atoms with Gasteiger partial charge in [0.25, 0.3) is 5.91 Å². The molecular formula is C26H26ClN7OS. The van der Waals surface area contributed by atoms with Crippen LogP contribution in [0.4, 0.5) is 5.69 Å². The number of amides is 1. The predicted molar refractivity (Wildman–Crippen MR) is 147 cm³/mol. The molecule has 2 atom stereocenters. The summed E-state index contributed by atoms with van der Waals surface area (Å²) in [5.74, 6) is 0.393. The molecule has 2 N–H and O–H groups in total. The average Bonchev–Trinajstić information content (AvgIpc) is 3.53. The highest BCUT2D eigenvalue weighted by molar-refractivity contribution is 8.03. The third kappa shape index (κ3) is 4.90. The van der Waals surface area contributed by atoms with E-state index in [0.717, 1.165) is 34.4 Å². The van der Waals surface area contributed by atoms with Gasteiger partial charge in [-0.15, -0.1) is 10.2 Å². The van der Waals surface area contributed by atoms with Crippen LogP contribution in [0.3, 0.4) is 0 Å². The number of hydrogen-bond acceptors (Lipinski definition) is 6. The topological polar surface area (TPSA) is 99.2 Å². The van der Waals surface area contributed by atoms with Gasteiger partial charge in [-0.05, 0) is 52.8 Å². The van der Waals surface area contributed by atoms with E-state index in [-0.39, 0.29) is 17.7 Å². The van der Waals surface area contributed by atoms with Gasteiger partial charge in [-0.1, -0.05) is 82.5 Å². The van der Waals surface area contributed by atoms with E-state index in [4.69, 9.17) is 11.6 Å². The second-order valence-electron chi connectivity index (χ2n) is 8.58. The molecule has 1 amide bonds. The fraction of sp³-hybridized carbons (Fsp3) is 0.192. The SMILES string of the molecule is CCC1NN(c2ccc(-c3ccccc3-c3nn[nH]n3)cc2)C=S1(C)=NC(=O)Cc1ccccc1Cl. The van der Waals surface area contributed by atoms with E-state index in [0.29, 0.717) is 10.8 Å². The summed E-state index contributed by atoms with van der Waals surface area (Å²) in [5, 5.41) is 17.1. The Kier molecular flexibility index (Phi) is 6.86. The zero-order valence-electron chi connectivity index (χ0n) is 19.9. The number of benzene rings is 3. The lowest BCUT2D eigenvalue weighted by Gasteiger charge is -2.20. The second kappa shape index (κ2) is 10.2. The van der Waals surface area contributed by atoms with Crippen molar-refractivity contribution in [2.75, 3.05) is 11.3 Å². The maximum Gasteiger partial charge on any atom is 0.255 e. The van der Waals surface area contributed by atoms with Gasteiger partial charge in [-0.2, -0.15) is 9.58 Å². The molecule has 0 spiro atoms. The normalized spacial score (nSPS) is 19.2. The minimum Gasteiger partial charge on any atom is -0.277 e. The predicted octanol–water partition coefficient (Wildman–Crippen LogP) is 4.74. The Morgan fingerprint density at radius 3 is 2.47 bits per heavy atom.